The van der Waals surface area contributed by atoms with Gasteiger partial charge in [0.25, 0.3) is 0 Å². The predicted molar refractivity (Wildman–Crippen MR) is 119 cm³/mol. The molecule has 1 aliphatic heterocycles. The lowest BCUT2D eigenvalue weighted by atomic mass is 9.96. The number of rotatable bonds is 6. The molecule has 0 bridgehead atoms. The number of carbonyl (C=O) groups excluding carboxylic acids is 1. The Hall–Kier alpha value is -2.60. The summed E-state index contributed by atoms with van der Waals surface area (Å²) in [4.78, 5) is 19.7. The Morgan fingerprint density at radius 3 is 2.86 bits per heavy atom. The van der Waals surface area contributed by atoms with Gasteiger partial charge in [-0.25, -0.2) is 4.98 Å². The zero-order valence-corrected chi connectivity index (χ0v) is 17.8. The zero-order valence-electron chi connectivity index (χ0n) is 17.0. The van der Waals surface area contributed by atoms with E-state index in [0.717, 1.165) is 48.7 Å². The molecule has 1 amide bonds. The van der Waals surface area contributed by atoms with Crippen LogP contribution in [0.3, 0.4) is 0 Å². The van der Waals surface area contributed by atoms with Crippen LogP contribution in [0.25, 0.3) is 10.2 Å². The highest BCUT2D eigenvalue weighted by molar-refractivity contribution is 7.22. The van der Waals surface area contributed by atoms with Crippen molar-refractivity contribution in [3.05, 3.63) is 53.6 Å². The number of nitrogens with one attached hydrogen (secondary N) is 1. The van der Waals surface area contributed by atoms with Gasteiger partial charge in [0.05, 0.1) is 17.3 Å². The molecule has 1 aliphatic rings. The fraction of sp³-hybridized carbons (Fsp3) is 0.391. The Labute approximate surface area is 175 Å². The topological polar surface area (TPSA) is 54.5 Å². The Kier molecular flexibility index (Phi) is 6.00. The van der Waals surface area contributed by atoms with Gasteiger partial charge in [-0.05, 0) is 61.6 Å². The molecule has 4 rings (SSSR count). The van der Waals surface area contributed by atoms with Crippen LogP contribution < -0.4 is 15.0 Å². The summed E-state index contributed by atoms with van der Waals surface area (Å²) in [6.07, 6.45) is 2.56. The number of aryl methyl sites for hydroxylation is 1. The van der Waals surface area contributed by atoms with Crippen LogP contribution in [-0.2, 0) is 11.2 Å². The van der Waals surface area contributed by atoms with Crippen molar-refractivity contribution < 1.29 is 9.53 Å². The van der Waals surface area contributed by atoms with E-state index in [-0.39, 0.29) is 11.8 Å². The number of hydrogen-bond donors (Lipinski definition) is 1. The number of piperidine rings is 1. The third-order valence-corrected chi connectivity index (χ3v) is 6.59. The maximum Gasteiger partial charge on any atom is 0.223 e. The molecule has 2 heterocycles. The lowest BCUT2D eigenvalue weighted by Gasteiger charge is -2.31. The molecule has 6 heteroatoms. The number of aromatic nitrogens is 1. The largest absolute Gasteiger partial charge is 0.497 e. The molecule has 1 N–H and O–H groups in total. The number of benzene rings is 2. The number of carbonyl (C=O) groups is 1. The second-order valence-corrected chi connectivity index (χ2v) is 8.63. The Bertz CT molecular complexity index is 993. The van der Waals surface area contributed by atoms with Crippen LogP contribution in [-0.4, -0.2) is 37.6 Å². The molecule has 1 fully saturated rings. The molecule has 152 valence electrons. The number of hydrogen-bond acceptors (Lipinski definition) is 5. The van der Waals surface area contributed by atoms with Crippen LogP contribution in [0.4, 0.5) is 5.13 Å². The number of amides is 1. The molecule has 5 nitrogen and oxygen atoms in total. The molecule has 0 unspecified atom stereocenters. The van der Waals surface area contributed by atoms with E-state index in [1.807, 2.05) is 18.2 Å². The highest BCUT2D eigenvalue weighted by Gasteiger charge is 2.26. The van der Waals surface area contributed by atoms with Gasteiger partial charge in [-0.2, -0.15) is 0 Å². The fourth-order valence-corrected chi connectivity index (χ4v) is 4.91. The summed E-state index contributed by atoms with van der Waals surface area (Å²) in [5.74, 6) is 1.12. The normalized spacial score (nSPS) is 14.9. The van der Waals surface area contributed by atoms with Gasteiger partial charge in [-0.3, -0.25) is 4.79 Å². The van der Waals surface area contributed by atoms with Crippen LogP contribution in [0.5, 0.6) is 5.75 Å². The summed E-state index contributed by atoms with van der Waals surface area (Å²) >= 11 is 1.75. The van der Waals surface area contributed by atoms with Crippen molar-refractivity contribution in [2.24, 2.45) is 5.92 Å². The third kappa shape index (κ3) is 4.70. The SMILES string of the molecule is COc1cccc(CCNC(=O)C2CCN(c3nc4ccc(C)cc4s3)CC2)c1. The van der Waals surface area contributed by atoms with E-state index in [2.05, 4.69) is 41.4 Å². The minimum absolute atomic E-state index is 0.0909. The molecular weight excluding hydrogens is 382 g/mol. The molecule has 0 aliphatic carbocycles. The Morgan fingerprint density at radius 2 is 2.07 bits per heavy atom. The highest BCUT2D eigenvalue weighted by Crippen LogP contribution is 2.32. The van der Waals surface area contributed by atoms with Crippen LogP contribution in [0.2, 0.25) is 0 Å². The van der Waals surface area contributed by atoms with Crippen molar-refractivity contribution >= 4 is 32.6 Å². The second-order valence-electron chi connectivity index (χ2n) is 7.62. The molecule has 1 aromatic heterocycles. The first-order valence-electron chi connectivity index (χ1n) is 10.1. The number of thiazole rings is 1. The summed E-state index contributed by atoms with van der Waals surface area (Å²) in [6.45, 7) is 4.53. The summed E-state index contributed by atoms with van der Waals surface area (Å²) in [5, 5.41) is 4.18. The van der Waals surface area contributed by atoms with E-state index < -0.39 is 0 Å². The van der Waals surface area contributed by atoms with Gasteiger partial charge in [0, 0.05) is 25.6 Å². The van der Waals surface area contributed by atoms with E-state index in [9.17, 15) is 4.79 Å². The van der Waals surface area contributed by atoms with Gasteiger partial charge in [0.2, 0.25) is 5.91 Å². The zero-order chi connectivity index (χ0) is 20.2. The Balaban J connectivity index is 1.26. The van der Waals surface area contributed by atoms with Crippen LogP contribution >= 0.6 is 11.3 Å². The van der Waals surface area contributed by atoms with E-state index in [0.29, 0.717) is 6.54 Å². The van der Waals surface area contributed by atoms with Gasteiger partial charge in [-0.1, -0.05) is 29.5 Å². The van der Waals surface area contributed by atoms with Gasteiger partial charge < -0.3 is 15.0 Å². The predicted octanol–water partition coefficient (Wildman–Crippen LogP) is 4.19. The average molecular weight is 410 g/mol. The number of nitrogens with zero attached hydrogens (tertiary/aromatic N) is 2. The van der Waals surface area contributed by atoms with Crippen molar-refractivity contribution in [2.75, 3.05) is 31.6 Å². The molecule has 0 radical (unpaired) electrons. The van der Waals surface area contributed by atoms with Crippen molar-refractivity contribution in [3.8, 4) is 5.75 Å². The monoisotopic (exact) mass is 409 g/mol. The van der Waals surface area contributed by atoms with Gasteiger partial charge in [0.1, 0.15) is 5.75 Å². The van der Waals surface area contributed by atoms with E-state index in [4.69, 9.17) is 9.72 Å². The summed E-state index contributed by atoms with van der Waals surface area (Å²) in [6, 6.07) is 14.4. The summed E-state index contributed by atoms with van der Waals surface area (Å²) in [5.41, 5.74) is 3.50. The molecule has 29 heavy (non-hydrogen) atoms. The van der Waals surface area contributed by atoms with E-state index in [1.54, 1.807) is 18.4 Å². The van der Waals surface area contributed by atoms with E-state index >= 15 is 0 Å². The van der Waals surface area contributed by atoms with Crippen molar-refractivity contribution in [1.82, 2.24) is 10.3 Å². The minimum Gasteiger partial charge on any atom is -0.497 e. The maximum absolute atomic E-state index is 12.6. The number of methoxy groups -OCH3 is 1. The number of ether oxygens (including phenoxy) is 1. The van der Waals surface area contributed by atoms with Crippen molar-refractivity contribution in [2.45, 2.75) is 26.2 Å². The highest BCUT2D eigenvalue weighted by atomic mass is 32.1. The summed E-state index contributed by atoms with van der Waals surface area (Å²) in [7, 11) is 1.67. The second kappa shape index (κ2) is 8.82. The number of anilines is 1. The van der Waals surface area contributed by atoms with Gasteiger partial charge in [0.15, 0.2) is 5.13 Å². The standard InChI is InChI=1S/C23H27N3O2S/c1-16-6-7-20-21(14-16)29-23(25-20)26-12-9-18(10-13-26)22(27)24-11-8-17-4-3-5-19(15-17)28-2/h3-7,14-15,18H,8-13H2,1-2H3,(H,24,27). The fourth-order valence-electron chi connectivity index (χ4n) is 3.79. The van der Waals surface area contributed by atoms with Crippen molar-refractivity contribution in [3.63, 3.8) is 0 Å². The van der Waals surface area contributed by atoms with E-state index in [1.165, 1.54) is 15.8 Å². The molecule has 0 saturated carbocycles. The summed E-state index contributed by atoms with van der Waals surface area (Å²) < 4.78 is 6.49. The average Bonchev–Trinajstić information content (AvgIpc) is 3.17. The number of fused-ring (bicyclic) bond motifs is 1. The molecular formula is C23H27N3O2S. The third-order valence-electron chi connectivity index (χ3n) is 5.52. The minimum atomic E-state index is 0.0909. The first-order chi connectivity index (χ1) is 14.1. The maximum atomic E-state index is 12.6. The van der Waals surface area contributed by atoms with Crippen molar-refractivity contribution in [1.29, 1.82) is 0 Å². The van der Waals surface area contributed by atoms with Gasteiger partial charge in [-0.15, -0.1) is 0 Å². The van der Waals surface area contributed by atoms with Crippen LogP contribution in [0.1, 0.15) is 24.0 Å². The lowest BCUT2D eigenvalue weighted by molar-refractivity contribution is -0.125. The molecule has 1 saturated heterocycles. The lowest BCUT2D eigenvalue weighted by Crippen LogP contribution is -2.41. The first-order valence-corrected chi connectivity index (χ1v) is 11.0. The first kappa shape index (κ1) is 19.7. The molecule has 2 aromatic carbocycles. The molecule has 0 spiro atoms. The van der Waals surface area contributed by atoms with Gasteiger partial charge >= 0.3 is 0 Å². The molecule has 0 atom stereocenters. The quantitative estimate of drug-likeness (QED) is 0.663. The Morgan fingerprint density at radius 1 is 1.24 bits per heavy atom. The smallest absolute Gasteiger partial charge is 0.223 e. The van der Waals surface area contributed by atoms with Crippen LogP contribution in [0, 0.1) is 12.8 Å². The molecule has 3 aromatic rings. The van der Waals surface area contributed by atoms with Crippen LogP contribution in [0.15, 0.2) is 42.5 Å².